The Morgan fingerprint density at radius 2 is 1.65 bits per heavy atom. The van der Waals surface area contributed by atoms with Gasteiger partial charge in [-0.15, -0.1) is 0 Å². The maximum atomic E-state index is 12.9. The number of hydrogen-bond acceptors (Lipinski definition) is 4. The molecule has 7 heteroatoms. The number of benzene rings is 2. The van der Waals surface area contributed by atoms with Crippen LogP contribution < -0.4 is 15.8 Å². The lowest BCUT2D eigenvalue weighted by Crippen LogP contribution is -2.24. The van der Waals surface area contributed by atoms with E-state index in [9.17, 15) is 9.18 Å². The Kier molecular flexibility index (Phi) is 5.34. The molecule has 0 atom stereocenters. The lowest BCUT2D eigenvalue weighted by atomic mass is 10.2. The Balaban J connectivity index is 1.58. The number of nitrogens with two attached hydrogens (primary N) is 1. The van der Waals surface area contributed by atoms with Crippen molar-refractivity contribution in [2.45, 2.75) is 6.54 Å². The lowest BCUT2D eigenvalue weighted by molar-refractivity contribution is 0.0951. The molecule has 2 aromatic carbocycles. The topological polar surface area (TPSA) is 77.2 Å². The second-order valence-corrected chi connectivity index (χ2v) is 5.89. The quantitative estimate of drug-likeness (QED) is 0.659. The van der Waals surface area contributed by atoms with Crippen LogP contribution in [0, 0.1) is 5.95 Å². The first-order valence-electron chi connectivity index (χ1n) is 7.74. The Bertz CT molecular complexity index is 915. The summed E-state index contributed by atoms with van der Waals surface area (Å²) in [6.45, 7) is 0.289. The van der Waals surface area contributed by atoms with E-state index in [0.29, 0.717) is 16.5 Å². The Morgan fingerprint density at radius 3 is 2.27 bits per heavy atom. The molecule has 0 radical (unpaired) electrons. The molecule has 1 heterocycles. The number of carbonyl (C=O) groups is 1. The van der Waals surface area contributed by atoms with Gasteiger partial charge < -0.3 is 15.8 Å². The summed E-state index contributed by atoms with van der Waals surface area (Å²) in [6, 6.07) is 16.7. The molecule has 0 spiro atoms. The number of ether oxygens (including phenoxy) is 1. The highest BCUT2D eigenvalue weighted by atomic mass is 35.5. The molecular weight excluding hydrogens is 357 g/mol. The molecule has 0 fully saturated rings. The molecule has 1 amide bonds. The fraction of sp³-hybridized carbons (Fsp3) is 0.0526. The number of amides is 1. The highest BCUT2D eigenvalue weighted by molar-refractivity contribution is 6.30. The van der Waals surface area contributed by atoms with Crippen molar-refractivity contribution in [3.05, 3.63) is 82.8 Å². The molecular formula is C19H15ClFN3O2. The van der Waals surface area contributed by atoms with Crippen molar-refractivity contribution < 1.29 is 13.9 Å². The molecule has 0 unspecified atom stereocenters. The summed E-state index contributed by atoms with van der Waals surface area (Å²) in [4.78, 5) is 15.5. The number of aromatic nitrogens is 1. The summed E-state index contributed by atoms with van der Waals surface area (Å²) in [5.41, 5.74) is 6.56. The molecule has 0 bridgehead atoms. The van der Waals surface area contributed by atoms with E-state index in [4.69, 9.17) is 22.1 Å². The molecule has 0 aliphatic rings. The van der Waals surface area contributed by atoms with Crippen LogP contribution in [0.5, 0.6) is 11.5 Å². The lowest BCUT2D eigenvalue weighted by Gasteiger charge is -2.09. The number of nitrogen functional groups attached to an aromatic ring is 1. The van der Waals surface area contributed by atoms with E-state index in [-0.39, 0.29) is 17.9 Å². The smallest absolute Gasteiger partial charge is 0.255 e. The third kappa shape index (κ3) is 4.49. The summed E-state index contributed by atoms with van der Waals surface area (Å²) >= 11 is 5.84. The van der Waals surface area contributed by atoms with Crippen LogP contribution >= 0.6 is 11.6 Å². The van der Waals surface area contributed by atoms with Gasteiger partial charge in [0.1, 0.15) is 17.3 Å². The zero-order valence-corrected chi connectivity index (χ0v) is 14.3. The first kappa shape index (κ1) is 17.7. The predicted molar refractivity (Wildman–Crippen MR) is 97.7 cm³/mol. The third-order valence-electron chi connectivity index (χ3n) is 3.56. The van der Waals surface area contributed by atoms with Crippen molar-refractivity contribution in [3.63, 3.8) is 0 Å². The Morgan fingerprint density at radius 1 is 1.04 bits per heavy atom. The molecule has 0 aliphatic carbocycles. The van der Waals surface area contributed by atoms with E-state index in [1.165, 1.54) is 6.07 Å². The van der Waals surface area contributed by atoms with E-state index in [0.717, 1.165) is 11.6 Å². The van der Waals surface area contributed by atoms with Gasteiger partial charge in [-0.05, 0) is 54.1 Å². The largest absolute Gasteiger partial charge is 0.457 e. The summed E-state index contributed by atoms with van der Waals surface area (Å²) in [5, 5.41) is 3.35. The van der Waals surface area contributed by atoms with E-state index >= 15 is 0 Å². The van der Waals surface area contributed by atoms with Crippen LogP contribution in [-0.4, -0.2) is 10.9 Å². The van der Waals surface area contributed by atoms with Crippen molar-refractivity contribution in [2.75, 3.05) is 5.73 Å². The number of rotatable bonds is 5. The van der Waals surface area contributed by atoms with Crippen LogP contribution in [0.25, 0.3) is 0 Å². The molecule has 26 heavy (non-hydrogen) atoms. The molecule has 132 valence electrons. The average Bonchev–Trinajstić information content (AvgIpc) is 2.63. The van der Waals surface area contributed by atoms with E-state index in [2.05, 4.69) is 10.3 Å². The Hall–Kier alpha value is -3.12. The van der Waals surface area contributed by atoms with Crippen molar-refractivity contribution >= 4 is 23.3 Å². The van der Waals surface area contributed by atoms with Gasteiger partial charge in [-0.2, -0.15) is 4.39 Å². The second-order valence-electron chi connectivity index (χ2n) is 5.45. The number of anilines is 1. The molecule has 0 saturated carbocycles. The van der Waals surface area contributed by atoms with Crippen LogP contribution in [0.1, 0.15) is 15.9 Å². The van der Waals surface area contributed by atoms with Gasteiger partial charge in [0.2, 0.25) is 5.95 Å². The highest BCUT2D eigenvalue weighted by Crippen LogP contribution is 2.23. The molecule has 0 saturated heterocycles. The van der Waals surface area contributed by atoms with Gasteiger partial charge in [0.05, 0.1) is 5.56 Å². The van der Waals surface area contributed by atoms with E-state index in [1.54, 1.807) is 36.4 Å². The summed E-state index contributed by atoms with van der Waals surface area (Å²) in [7, 11) is 0. The maximum Gasteiger partial charge on any atom is 0.255 e. The van der Waals surface area contributed by atoms with Gasteiger partial charge in [0.25, 0.3) is 5.91 Å². The van der Waals surface area contributed by atoms with Gasteiger partial charge >= 0.3 is 0 Å². The van der Waals surface area contributed by atoms with Gasteiger partial charge in [-0.3, -0.25) is 4.79 Å². The number of hydrogen-bond donors (Lipinski definition) is 2. The zero-order valence-electron chi connectivity index (χ0n) is 13.6. The minimum absolute atomic E-state index is 0.133. The van der Waals surface area contributed by atoms with Crippen LogP contribution in [0.15, 0.2) is 60.7 Å². The van der Waals surface area contributed by atoms with E-state index in [1.807, 2.05) is 12.1 Å². The normalized spacial score (nSPS) is 10.4. The zero-order chi connectivity index (χ0) is 18.5. The molecule has 0 aliphatic heterocycles. The minimum atomic E-state index is -0.727. The van der Waals surface area contributed by atoms with Crippen LogP contribution in [0.3, 0.4) is 0 Å². The van der Waals surface area contributed by atoms with Gasteiger partial charge in [0.15, 0.2) is 0 Å². The van der Waals surface area contributed by atoms with Crippen LogP contribution in [-0.2, 0) is 6.54 Å². The van der Waals surface area contributed by atoms with Crippen molar-refractivity contribution in [2.24, 2.45) is 0 Å². The molecule has 3 N–H and O–H groups in total. The SMILES string of the molecule is Nc1nc(F)ccc1C(=O)NCc1ccc(Oc2ccc(Cl)cc2)cc1. The van der Waals surface area contributed by atoms with Gasteiger partial charge in [-0.25, -0.2) is 4.98 Å². The van der Waals surface area contributed by atoms with E-state index < -0.39 is 11.9 Å². The Labute approximate surface area is 154 Å². The molecule has 3 rings (SSSR count). The number of pyridine rings is 1. The predicted octanol–water partition coefficient (Wildman–Crippen LogP) is 4.18. The van der Waals surface area contributed by atoms with Gasteiger partial charge in [-0.1, -0.05) is 23.7 Å². The molecule has 5 nitrogen and oxygen atoms in total. The van der Waals surface area contributed by atoms with Crippen molar-refractivity contribution in [3.8, 4) is 11.5 Å². The maximum absolute atomic E-state index is 12.9. The number of carbonyl (C=O) groups excluding carboxylic acids is 1. The highest BCUT2D eigenvalue weighted by Gasteiger charge is 2.11. The minimum Gasteiger partial charge on any atom is -0.457 e. The molecule has 3 aromatic rings. The molecule has 1 aromatic heterocycles. The summed E-state index contributed by atoms with van der Waals surface area (Å²) in [6.07, 6.45) is 0. The third-order valence-corrected chi connectivity index (χ3v) is 3.81. The summed E-state index contributed by atoms with van der Waals surface area (Å²) < 4.78 is 18.6. The van der Waals surface area contributed by atoms with Gasteiger partial charge in [0, 0.05) is 11.6 Å². The fourth-order valence-corrected chi connectivity index (χ4v) is 2.36. The summed E-state index contributed by atoms with van der Waals surface area (Å²) in [5.74, 6) is 0.0464. The number of nitrogens with one attached hydrogen (secondary N) is 1. The van der Waals surface area contributed by atoms with Crippen molar-refractivity contribution in [1.29, 1.82) is 0 Å². The average molecular weight is 372 g/mol. The number of halogens is 2. The van der Waals surface area contributed by atoms with Crippen molar-refractivity contribution in [1.82, 2.24) is 10.3 Å². The number of nitrogens with zero attached hydrogens (tertiary/aromatic N) is 1. The first-order valence-corrected chi connectivity index (χ1v) is 8.11. The van der Waals surface area contributed by atoms with Crippen LogP contribution in [0.4, 0.5) is 10.2 Å². The van der Waals surface area contributed by atoms with Crippen LogP contribution in [0.2, 0.25) is 5.02 Å². The first-order chi connectivity index (χ1) is 12.5. The fourth-order valence-electron chi connectivity index (χ4n) is 2.23. The standard InChI is InChI=1S/C19H15ClFN3O2/c20-13-3-7-15(8-4-13)26-14-5-1-12(2-6-14)11-23-19(25)16-9-10-17(21)24-18(16)22/h1-10H,11H2,(H2,22,24)(H,23,25). The second kappa shape index (κ2) is 7.84. The monoisotopic (exact) mass is 371 g/mol.